The average Bonchev–Trinajstić information content (AvgIpc) is 3.25. The smallest absolute Gasteiger partial charge is 0.481 e. The Balaban J connectivity index is 1.29. The molecule has 5 aliphatic carbocycles. The van der Waals surface area contributed by atoms with Crippen LogP contribution in [0, 0.1) is 56.2 Å². The third-order valence-electron chi connectivity index (χ3n) is 14.9. The summed E-state index contributed by atoms with van der Waals surface area (Å²) in [6, 6.07) is 0. The number of carbonyl (C=O) groups excluding carboxylic acids is 3. The van der Waals surface area contributed by atoms with Crippen LogP contribution >= 0.6 is 0 Å². The first kappa shape index (κ1) is 31.6. The van der Waals surface area contributed by atoms with Gasteiger partial charge < -0.3 is 19.3 Å². The Morgan fingerprint density at radius 3 is 2.25 bits per heavy atom. The van der Waals surface area contributed by atoms with Crippen LogP contribution in [0.1, 0.15) is 113 Å². The van der Waals surface area contributed by atoms with E-state index < -0.39 is 29.7 Å². The molecule has 0 aromatic carbocycles. The number of rotatable bonds is 4. The predicted octanol–water partition coefficient (Wildman–Crippen LogP) is 7.14. The molecule has 44 heavy (non-hydrogen) atoms. The average molecular weight is 613 g/mol. The molecule has 3 unspecified atom stereocenters. The quantitative estimate of drug-likeness (QED) is 0.333. The molecule has 0 bridgehead atoms. The number of carboxylic acids is 1. The summed E-state index contributed by atoms with van der Waals surface area (Å²) in [7, 11) is 0. The molecule has 244 valence electrons. The first-order valence-corrected chi connectivity index (χ1v) is 16.9. The standard InChI is InChI=1S/C36H52O8/c1-20-25(44-30(41)43-20)19-42-28(38)21-9-11-34(6)26(31(21,2)3)10-12-36(8)27(34)24(37)17-22-23-18-33(5,29(39)40)14-13-32(23,4)15-16-35(22,36)7/h17,20-21,23,25-27H,9-16,18-19H2,1-8H3,(H,39,40)/t20?,21-,23+,25?,26?,27-,32-,33+,34+,35-,36-/m1/s1. The summed E-state index contributed by atoms with van der Waals surface area (Å²) in [6.07, 6.45) is 7.64. The molecular formula is C36H52O8. The van der Waals surface area contributed by atoms with E-state index in [-0.39, 0.29) is 69.1 Å². The van der Waals surface area contributed by atoms with Crippen molar-refractivity contribution in [1.29, 1.82) is 0 Å². The Hall–Kier alpha value is -2.38. The summed E-state index contributed by atoms with van der Waals surface area (Å²) in [5, 5.41) is 10.2. The van der Waals surface area contributed by atoms with Crippen LogP contribution in [0.3, 0.4) is 0 Å². The molecule has 0 spiro atoms. The minimum absolute atomic E-state index is 0.0199. The topological polar surface area (TPSA) is 116 Å². The van der Waals surface area contributed by atoms with Gasteiger partial charge in [-0.05, 0) is 117 Å². The van der Waals surface area contributed by atoms with Gasteiger partial charge >= 0.3 is 18.1 Å². The van der Waals surface area contributed by atoms with Crippen LogP contribution in [0.15, 0.2) is 11.6 Å². The Morgan fingerprint density at radius 1 is 0.932 bits per heavy atom. The monoisotopic (exact) mass is 612 g/mol. The van der Waals surface area contributed by atoms with Crippen LogP contribution in [0.25, 0.3) is 0 Å². The number of allylic oxidation sites excluding steroid dienone is 2. The van der Waals surface area contributed by atoms with Gasteiger partial charge in [-0.25, -0.2) is 4.79 Å². The van der Waals surface area contributed by atoms with Crippen LogP contribution in [-0.4, -0.2) is 47.8 Å². The minimum atomic E-state index is -0.769. The van der Waals surface area contributed by atoms with Gasteiger partial charge in [0.15, 0.2) is 11.9 Å². The molecule has 0 aromatic heterocycles. The van der Waals surface area contributed by atoms with Gasteiger partial charge in [0, 0.05) is 5.92 Å². The summed E-state index contributed by atoms with van der Waals surface area (Å²) in [5.41, 5.74) is -0.625. The lowest BCUT2D eigenvalue weighted by atomic mass is 9.33. The number of esters is 1. The lowest BCUT2D eigenvalue weighted by Crippen LogP contribution is -2.66. The van der Waals surface area contributed by atoms with E-state index in [9.17, 15) is 24.3 Å². The first-order chi connectivity index (χ1) is 20.3. The third-order valence-corrected chi connectivity index (χ3v) is 14.9. The molecule has 6 rings (SSSR count). The predicted molar refractivity (Wildman–Crippen MR) is 162 cm³/mol. The zero-order valence-corrected chi connectivity index (χ0v) is 27.9. The number of hydrogen-bond acceptors (Lipinski definition) is 7. The molecular weight excluding hydrogens is 560 g/mol. The maximum absolute atomic E-state index is 14.6. The second kappa shape index (κ2) is 9.81. The molecule has 8 nitrogen and oxygen atoms in total. The van der Waals surface area contributed by atoms with E-state index >= 15 is 0 Å². The number of ketones is 1. The van der Waals surface area contributed by atoms with Gasteiger partial charge in [0.2, 0.25) is 0 Å². The minimum Gasteiger partial charge on any atom is -0.481 e. The molecule has 1 aliphatic heterocycles. The summed E-state index contributed by atoms with van der Waals surface area (Å²) >= 11 is 0. The van der Waals surface area contributed by atoms with Crippen LogP contribution in [0.2, 0.25) is 0 Å². The van der Waals surface area contributed by atoms with Gasteiger partial charge in [-0.15, -0.1) is 0 Å². The number of fused-ring (bicyclic) bond motifs is 7. The van der Waals surface area contributed by atoms with Crippen LogP contribution in [-0.2, 0) is 28.6 Å². The molecule has 0 amide bonds. The van der Waals surface area contributed by atoms with Crippen molar-refractivity contribution in [3.05, 3.63) is 11.6 Å². The zero-order valence-electron chi connectivity index (χ0n) is 27.9. The molecule has 1 saturated heterocycles. The molecule has 8 heteroatoms. The second-order valence-electron chi connectivity index (χ2n) is 17.3. The van der Waals surface area contributed by atoms with Crippen molar-refractivity contribution >= 4 is 23.9 Å². The highest BCUT2D eigenvalue weighted by Crippen LogP contribution is 2.75. The van der Waals surface area contributed by atoms with E-state index in [2.05, 4.69) is 41.5 Å². The molecule has 5 fully saturated rings. The molecule has 1 heterocycles. The van der Waals surface area contributed by atoms with Crippen LogP contribution in [0.5, 0.6) is 0 Å². The summed E-state index contributed by atoms with van der Waals surface area (Å²) in [4.78, 5) is 52.0. The second-order valence-corrected chi connectivity index (χ2v) is 17.3. The van der Waals surface area contributed by atoms with Crippen molar-refractivity contribution in [2.45, 2.75) is 125 Å². The van der Waals surface area contributed by atoms with Gasteiger partial charge in [0.1, 0.15) is 12.7 Å². The lowest BCUT2D eigenvalue weighted by Gasteiger charge is -2.70. The highest BCUT2D eigenvalue weighted by atomic mass is 16.8. The molecule has 1 N–H and O–H groups in total. The Kier molecular flexibility index (Phi) is 7.04. The van der Waals surface area contributed by atoms with Crippen molar-refractivity contribution in [3.63, 3.8) is 0 Å². The normalized spacial score (nSPS) is 49.2. The summed E-state index contributed by atoms with van der Waals surface area (Å²) in [6.45, 7) is 17.3. The fourth-order valence-corrected chi connectivity index (χ4v) is 11.7. The molecule has 0 aromatic rings. The van der Waals surface area contributed by atoms with Crippen LogP contribution < -0.4 is 0 Å². The van der Waals surface area contributed by atoms with E-state index in [1.807, 2.05) is 13.0 Å². The van der Waals surface area contributed by atoms with Crippen molar-refractivity contribution in [2.24, 2.45) is 56.2 Å². The highest BCUT2D eigenvalue weighted by Gasteiger charge is 2.70. The van der Waals surface area contributed by atoms with Gasteiger partial charge in [-0.3, -0.25) is 14.4 Å². The number of carbonyl (C=O) groups is 4. The summed E-state index contributed by atoms with van der Waals surface area (Å²) in [5.74, 6) is -1.01. The molecule has 11 atom stereocenters. The van der Waals surface area contributed by atoms with Crippen LogP contribution in [0.4, 0.5) is 4.79 Å². The van der Waals surface area contributed by atoms with E-state index in [4.69, 9.17) is 14.2 Å². The zero-order chi connectivity index (χ0) is 32.3. The van der Waals surface area contributed by atoms with Gasteiger partial charge in [-0.1, -0.05) is 47.1 Å². The largest absolute Gasteiger partial charge is 0.509 e. The first-order valence-electron chi connectivity index (χ1n) is 16.9. The Labute approximate surface area is 262 Å². The Morgan fingerprint density at radius 2 is 1.61 bits per heavy atom. The van der Waals surface area contributed by atoms with Gasteiger partial charge in [0.25, 0.3) is 0 Å². The number of cyclic esters (lactones) is 2. The van der Waals surface area contributed by atoms with E-state index in [1.54, 1.807) is 6.92 Å². The fraction of sp³-hybridized carbons (Fsp3) is 0.833. The van der Waals surface area contributed by atoms with Crippen molar-refractivity contribution in [1.82, 2.24) is 0 Å². The number of aliphatic carboxylic acids is 1. The SMILES string of the molecule is CC1OC(=O)OC1COC(=O)[C@H]1CC[C@@]2(C)C(CC[C@]3(C)[C@@H]2C(=O)C=C2[C@@H]4C[C@@](C)(C(=O)O)CC[C@]4(C)CC[C@]23C)C1(C)C. The third kappa shape index (κ3) is 4.20. The van der Waals surface area contributed by atoms with Crippen molar-refractivity contribution in [2.75, 3.05) is 6.61 Å². The maximum atomic E-state index is 14.6. The van der Waals surface area contributed by atoms with E-state index in [0.717, 1.165) is 38.5 Å². The van der Waals surface area contributed by atoms with Crippen molar-refractivity contribution < 1.29 is 38.5 Å². The van der Waals surface area contributed by atoms with Crippen molar-refractivity contribution in [3.8, 4) is 0 Å². The fourth-order valence-electron chi connectivity index (χ4n) is 11.7. The number of hydrogen-bond donors (Lipinski definition) is 1. The molecule has 6 aliphatic rings. The number of ether oxygens (including phenoxy) is 3. The highest BCUT2D eigenvalue weighted by molar-refractivity contribution is 5.96. The number of carboxylic acid groups (broad SMARTS) is 1. The van der Waals surface area contributed by atoms with Gasteiger partial charge in [0.05, 0.1) is 11.3 Å². The van der Waals surface area contributed by atoms with E-state index in [0.29, 0.717) is 19.3 Å². The maximum Gasteiger partial charge on any atom is 0.509 e. The van der Waals surface area contributed by atoms with E-state index in [1.165, 1.54) is 5.57 Å². The molecule has 0 radical (unpaired) electrons. The Bertz CT molecular complexity index is 1320. The lowest BCUT2D eigenvalue weighted by molar-refractivity contribution is -0.200. The van der Waals surface area contributed by atoms with Gasteiger partial charge in [-0.2, -0.15) is 0 Å². The summed E-state index contributed by atoms with van der Waals surface area (Å²) < 4.78 is 15.9. The molecule has 4 saturated carbocycles.